The lowest BCUT2D eigenvalue weighted by Gasteiger charge is -2.19. The van der Waals surface area contributed by atoms with Crippen molar-refractivity contribution < 1.29 is 4.79 Å². The quantitative estimate of drug-likeness (QED) is 0.374. The molecule has 0 aliphatic rings. The van der Waals surface area contributed by atoms with Crippen LogP contribution in [0.5, 0.6) is 0 Å². The van der Waals surface area contributed by atoms with Crippen molar-refractivity contribution in [2.75, 3.05) is 0 Å². The molecule has 13 heavy (non-hydrogen) atoms. The maximum Gasteiger partial charge on any atom is 0.126 e. The lowest BCUT2D eigenvalue weighted by atomic mass is 8.66. The summed E-state index contributed by atoms with van der Waals surface area (Å²) in [6.07, 6.45) is -0.684. The van der Waals surface area contributed by atoms with Gasteiger partial charge in [-0.1, -0.05) is 6.92 Å². The fourth-order valence-corrected chi connectivity index (χ4v) is 0.946. The summed E-state index contributed by atoms with van der Waals surface area (Å²) in [5.41, 5.74) is -0.0895. The van der Waals surface area contributed by atoms with Crippen LogP contribution in [-0.4, -0.2) is 70.0 Å². The summed E-state index contributed by atoms with van der Waals surface area (Å²) in [6, 6.07) is 0. The Labute approximate surface area is 88.5 Å². The molecule has 0 unspecified atom stereocenters. The molecule has 0 rings (SSSR count). The second-order valence-corrected chi connectivity index (χ2v) is 2.89. The van der Waals surface area contributed by atoms with Gasteiger partial charge in [-0.2, -0.15) is 0 Å². The molecule has 0 saturated carbocycles. The molecule has 0 aliphatic carbocycles. The summed E-state index contributed by atoms with van der Waals surface area (Å²) in [5.74, 6) is 0. The third kappa shape index (κ3) is 4.33. The van der Waals surface area contributed by atoms with Gasteiger partial charge in [0.15, 0.2) is 0 Å². The first-order chi connectivity index (χ1) is 6.04. The minimum Gasteiger partial charge on any atom is -0.313 e. The molecule has 50 valence electrons. The highest BCUT2D eigenvalue weighted by molar-refractivity contribution is 7.92. The molecule has 0 bridgehead atoms. The molecule has 10 radical (unpaired) electrons. The first-order valence-corrected chi connectivity index (χ1v) is 4.22. The lowest BCUT2D eigenvalue weighted by Crippen LogP contribution is -2.58. The van der Waals surface area contributed by atoms with Crippen LogP contribution in [0.3, 0.4) is 0 Å². The van der Waals surface area contributed by atoms with E-state index in [0.29, 0.717) is 6.42 Å². The highest BCUT2D eigenvalue weighted by atomic mass is 16.1. The van der Waals surface area contributed by atoms with Crippen LogP contribution in [0.2, 0.25) is 0 Å². The Bertz CT molecular complexity index is 161. The molecule has 0 aromatic carbocycles. The number of hydrogen-bond donors (Lipinski definition) is 0. The van der Waals surface area contributed by atoms with E-state index in [1.54, 1.807) is 6.92 Å². The van der Waals surface area contributed by atoms with Gasteiger partial charge in [-0.3, -0.25) is 0 Å². The molecule has 0 aliphatic heterocycles. The Kier molecular flexibility index (Phi) is 6.80. The van der Waals surface area contributed by atoms with Crippen LogP contribution in [0.25, 0.3) is 0 Å². The Morgan fingerprint density at radius 1 is 1.38 bits per heavy atom. The fraction of sp³-hybridized carbons (Fsp3) is 0.667. The van der Waals surface area contributed by atoms with Gasteiger partial charge in [-0.05, 0) is 6.42 Å². The third-order valence-electron chi connectivity index (χ3n) is 1.91. The standard InChI is InChI=1S/C3H5B9O/c1-2-3(13)10(5)12(7)11(6)9-8-4/h2H2,1H3. The van der Waals surface area contributed by atoms with Crippen molar-refractivity contribution in [3.63, 3.8) is 0 Å². The second kappa shape index (κ2) is 6.67. The van der Waals surface area contributed by atoms with E-state index in [1.807, 2.05) is 0 Å². The molecule has 0 saturated heterocycles. The summed E-state index contributed by atoms with van der Waals surface area (Å²) >= 11 is 0. The molecular formula is C3H5B9O. The van der Waals surface area contributed by atoms with Crippen LogP contribution in [0, 0.1) is 0 Å². The largest absolute Gasteiger partial charge is 0.313 e. The molecule has 0 aromatic heterocycles. The van der Waals surface area contributed by atoms with Gasteiger partial charge in [-0.25, -0.2) is 0 Å². The summed E-state index contributed by atoms with van der Waals surface area (Å²) in [5, 5.41) is 0. The summed E-state index contributed by atoms with van der Waals surface area (Å²) in [4.78, 5) is 11.1. The van der Waals surface area contributed by atoms with Crippen molar-refractivity contribution in [3.05, 3.63) is 0 Å². The average Bonchev–Trinajstić information content (AvgIpc) is 2.14. The third-order valence-corrected chi connectivity index (χ3v) is 1.91. The molecule has 0 heterocycles. The predicted octanol–water partition coefficient (Wildman–Crippen LogP) is -2.95. The molecular weight excluding hydrogens is 149 g/mol. The highest BCUT2D eigenvalue weighted by Crippen LogP contribution is 1.91. The van der Waals surface area contributed by atoms with E-state index in [9.17, 15) is 4.79 Å². The van der Waals surface area contributed by atoms with E-state index >= 15 is 0 Å². The van der Waals surface area contributed by atoms with E-state index < -0.39 is 19.3 Å². The molecule has 1 nitrogen and oxygen atoms in total. The molecule has 0 aromatic rings. The van der Waals surface area contributed by atoms with Gasteiger partial charge in [0.2, 0.25) is 0 Å². The predicted molar refractivity (Wildman–Crippen MR) is 67.1 cm³/mol. The van der Waals surface area contributed by atoms with Crippen molar-refractivity contribution in [1.29, 1.82) is 0 Å². The topological polar surface area (TPSA) is 17.1 Å². The maximum absolute atomic E-state index is 11.1. The number of rotatable bonds is 6. The summed E-state index contributed by atoms with van der Waals surface area (Å²) in [7, 11) is 24.8. The number of hydrogen-bond acceptors (Lipinski definition) is 1. The van der Waals surface area contributed by atoms with Gasteiger partial charge < -0.3 is 4.79 Å². The molecule has 0 spiro atoms. The second-order valence-electron chi connectivity index (χ2n) is 2.89. The zero-order chi connectivity index (χ0) is 10.4. The molecule has 0 amide bonds. The molecule has 0 atom stereocenters. The first kappa shape index (κ1) is 13.3. The van der Waals surface area contributed by atoms with Crippen LogP contribution >= 0.6 is 0 Å². The van der Waals surface area contributed by atoms with Crippen LogP contribution in [0.1, 0.15) is 13.3 Å². The van der Waals surface area contributed by atoms with Gasteiger partial charge in [0.25, 0.3) is 0 Å². The van der Waals surface area contributed by atoms with E-state index in [-0.39, 0.29) is 5.68 Å². The van der Waals surface area contributed by atoms with Crippen molar-refractivity contribution in [1.82, 2.24) is 0 Å². The normalized spacial score (nSPS) is 8.69. The van der Waals surface area contributed by atoms with Gasteiger partial charge in [0, 0.05) is 57.8 Å². The number of carbonyl (C=O) groups is 1. The minimum atomic E-state index is -0.712. The van der Waals surface area contributed by atoms with E-state index in [0.717, 1.165) is 0 Å². The monoisotopic (exact) mass is 156 g/mol. The summed E-state index contributed by atoms with van der Waals surface area (Å²) in [6.45, 7) is 1.02. The zero-order valence-corrected chi connectivity index (χ0v) is 7.81. The van der Waals surface area contributed by atoms with Gasteiger partial charge in [0.1, 0.15) is 6.49 Å². The van der Waals surface area contributed by atoms with Gasteiger partial charge in [0.05, 0.1) is 5.68 Å². The smallest absolute Gasteiger partial charge is 0.126 e. The average molecular weight is 154 g/mol. The Morgan fingerprint density at radius 2 is 1.92 bits per heavy atom. The highest BCUT2D eigenvalue weighted by Gasteiger charge is 2.27. The van der Waals surface area contributed by atoms with Crippen molar-refractivity contribution in [2.24, 2.45) is 0 Å². The van der Waals surface area contributed by atoms with Crippen molar-refractivity contribution in [2.45, 2.75) is 13.3 Å². The van der Waals surface area contributed by atoms with E-state index in [2.05, 4.69) is 0 Å². The Balaban J connectivity index is 4.07. The fourth-order valence-electron chi connectivity index (χ4n) is 0.946. The lowest BCUT2D eigenvalue weighted by molar-refractivity contribution is -0.111. The van der Waals surface area contributed by atoms with E-state index in [1.165, 1.54) is 14.1 Å². The zero-order valence-electron chi connectivity index (χ0n) is 7.81. The van der Waals surface area contributed by atoms with Gasteiger partial charge >= 0.3 is 0 Å². The molecule has 10 heteroatoms. The van der Waals surface area contributed by atoms with E-state index in [4.69, 9.17) is 30.9 Å². The van der Waals surface area contributed by atoms with Crippen molar-refractivity contribution in [3.8, 4) is 0 Å². The molecule has 0 fully saturated rings. The number of carbonyl (C=O) groups excluding carboxylic acids is 1. The Hall–Kier alpha value is 0.254. The minimum absolute atomic E-state index is 0.0895. The maximum atomic E-state index is 11.1. The summed E-state index contributed by atoms with van der Waals surface area (Å²) < 4.78 is 0. The van der Waals surface area contributed by atoms with Crippen LogP contribution in [0.15, 0.2) is 0 Å². The van der Waals surface area contributed by atoms with Crippen LogP contribution in [0.4, 0.5) is 0 Å². The first-order valence-electron chi connectivity index (χ1n) is 4.22. The van der Waals surface area contributed by atoms with Crippen molar-refractivity contribution >= 4 is 70.0 Å². The Morgan fingerprint density at radius 3 is 2.31 bits per heavy atom. The molecule has 0 N–H and O–H groups in total. The van der Waals surface area contributed by atoms with Gasteiger partial charge in [-0.15, -0.1) is 0 Å². The van der Waals surface area contributed by atoms with Crippen LogP contribution in [-0.2, 0) is 4.79 Å². The van der Waals surface area contributed by atoms with Crippen LogP contribution < -0.4 is 0 Å². The SMILES string of the molecule is [B][B][B]B([B])B([B])B([B])C(=O)CC.